The van der Waals surface area contributed by atoms with E-state index >= 15 is 0 Å². The van der Waals surface area contributed by atoms with Crippen LogP contribution in [0.1, 0.15) is 30.1 Å². The summed E-state index contributed by atoms with van der Waals surface area (Å²) in [6.07, 6.45) is 0. The van der Waals surface area contributed by atoms with Gasteiger partial charge in [-0.3, -0.25) is 4.79 Å². The van der Waals surface area contributed by atoms with E-state index in [2.05, 4.69) is 10.2 Å². The third-order valence-corrected chi connectivity index (χ3v) is 7.09. The molecular weight excluding hydrogens is 475 g/mol. The average Bonchev–Trinajstić information content (AvgIpc) is 3.20. The fourth-order valence-electron chi connectivity index (χ4n) is 2.86. The van der Waals surface area contributed by atoms with E-state index in [1.807, 2.05) is 13.8 Å². The van der Waals surface area contributed by atoms with Gasteiger partial charge in [0.2, 0.25) is 21.8 Å². The summed E-state index contributed by atoms with van der Waals surface area (Å²) in [4.78, 5) is 14.8. The van der Waals surface area contributed by atoms with Crippen LogP contribution in [-0.4, -0.2) is 53.9 Å². The Bertz CT molecular complexity index is 1220. The predicted molar refractivity (Wildman–Crippen MR) is 122 cm³/mol. The molecule has 8 nitrogen and oxygen atoms in total. The molecule has 1 heterocycles. The number of hydrogen-bond donors (Lipinski definition) is 0. The first-order chi connectivity index (χ1) is 15.0. The van der Waals surface area contributed by atoms with Gasteiger partial charge in [-0.25, -0.2) is 12.7 Å². The minimum atomic E-state index is -3.73. The molecule has 0 bridgehead atoms. The number of rotatable bonds is 7. The van der Waals surface area contributed by atoms with Crippen LogP contribution < -0.4 is 0 Å². The molecule has 170 valence electrons. The predicted octanol–water partition coefficient (Wildman–Crippen LogP) is 4.34. The van der Waals surface area contributed by atoms with Crippen LogP contribution in [0.2, 0.25) is 10.0 Å². The summed E-state index contributed by atoms with van der Waals surface area (Å²) in [5.74, 6) is 0.0715. The van der Waals surface area contributed by atoms with Crippen LogP contribution in [0.4, 0.5) is 0 Å². The lowest BCUT2D eigenvalue weighted by Crippen LogP contribution is -2.36. The minimum Gasteiger partial charge on any atom is -0.419 e. The molecule has 11 heteroatoms. The molecule has 0 unspecified atom stereocenters. The van der Waals surface area contributed by atoms with Gasteiger partial charge in [0.25, 0.3) is 5.91 Å². The minimum absolute atomic E-state index is 0.0259. The number of halogens is 2. The van der Waals surface area contributed by atoms with Crippen molar-refractivity contribution in [3.8, 4) is 11.5 Å². The Morgan fingerprint density at radius 3 is 2.31 bits per heavy atom. The summed E-state index contributed by atoms with van der Waals surface area (Å²) in [5, 5.41) is 8.80. The molecule has 0 saturated heterocycles. The highest BCUT2D eigenvalue weighted by Gasteiger charge is 2.26. The van der Waals surface area contributed by atoms with E-state index < -0.39 is 15.9 Å². The number of amides is 1. The molecule has 2 aromatic carbocycles. The Balaban J connectivity index is 1.90. The molecule has 0 saturated carbocycles. The fourth-order valence-corrected chi connectivity index (χ4v) is 4.11. The highest BCUT2D eigenvalue weighted by molar-refractivity contribution is 7.89. The monoisotopic (exact) mass is 496 g/mol. The third kappa shape index (κ3) is 5.12. The molecular formula is C21H22Cl2N4O4S. The smallest absolute Gasteiger partial charge is 0.256 e. The van der Waals surface area contributed by atoms with Crippen LogP contribution in [0.15, 0.2) is 51.8 Å². The van der Waals surface area contributed by atoms with Crippen molar-refractivity contribution < 1.29 is 17.6 Å². The highest BCUT2D eigenvalue weighted by atomic mass is 35.5. The van der Waals surface area contributed by atoms with Crippen molar-refractivity contribution in [2.75, 3.05) is 14.1 Å². The van der Waals surface area contributed by atoms with E-state index in [9.17, 15) is 13.2 Å². The maximum absolute atomic E-state index is 13.3. The molecule has 0 radical (unpaired) electrons. The molecule has 3 aromatic rings. The lowest BCUT2D eigenvalue weighted by atomic mass is 10.1. The zero-order valence-corrected chi connectivity index (χ0v) is 20.2. The normalized spacial score (nSPS) is 11.9. The van der Waals surface area contributed by atoms with Crippen molar-refractivity contribution in [1.82, 2.24) is 19.4 Å². The Labute approximate surface area is 196 Å². The molecule has 1 amide bonds. The Hall–Kier alpha value is -2.46. The quantitative estimate of drug-likeness (QED) is 0.482. The van der Waals surface area contributed by atoms with Crippen molar-refractivity contribution in [1.29, 1.82) is 0 Å². The van der Waals surface area contributed by atoms with E-state index in [-0.39, 0.29) is 34.0 Å². The maximum Gasteiger partial charge on any atom is 0.256 e. The van der Waals surface area contributed by atoms with E-state index in [4.69, 9.17) is 27.6 Å². The van der Waals surface area contributed by atoms with Crippen molar-refractivity contribution >= 4 is 39.1 Å². The Morgan fingerprint density at radius 1 is 1.06 bits per heavy atom. The van der Waals surface area contributed by atoms with Gasteiger partial charge < -0.3 is 9.32 Å². The molecule has 0 fully saturated rings. The number of carbonyl (C=O) groups excluding carboxylic acids is 1. The molecule has 0 aliphatic heterocycles. The second-order valence-corrected chi connectivity index (χ2v) is 10.5. The van der Waals surface area contributed by atoms with Gasteiger partial charge in [0.05, 0.1) is 22.0 Å². The van der Waals surface area contributed by atoms with Crippen LogP contribution in [0.5, 0.6) is 0 Å². The number of nitrogens with zero attached hydrogens (tertiary/aromatic N) is 4. The van der Waals surface area contributed by atoms with Gasteiger partial charge in [-0.15, -0.1) is 10.2 Å². The van der Waals surface area contributed by atoms with Gasteiger partial charge in [0.15, 0.2) is 0 Å². The standard InChI is InChI=1S/C21H22Cl2N4O4S/c1-13(2)27(12-19-24-25-20(31-19)14-5-7-15(22)8-6-14)21(28)17-11-16(9-10-18(17)23)32(29,30)26(3)4/h5-11,13H,12H2,1-4H3. The molecule has 0 aliphatic carbocycles. The molecule has 3 rings (SSSR count). The van der Waals surface area contributed by atoms with Crippen molar-refractivity contribution in [2.24, 2.45) is 0 Å². The van der Waals surface area contributed by atoms with Gasteiger partial charge >= 0.3 is 0 Å². The lowest BCUT2D eigenvalue weighted by molar-refractivity contribution is 0.0672. The topological polar surface area (TPSA) is 96.6 Å². The summed E-state index contributed by atoms with van der Waals surface area (Å²) in [7, 11) is -0.898. The van der Waals surface area contributed by atoms with E-state index in [1.165, 1.54) is 37.2 Å². The van der Waals surface area contributed by atoms with E-state index in [0.717, 1.165) is 4.31 Å². The number of hydrogen-bond acceptors (Lipinski definition) is 6. The van der Waals surface area contributed by atoms with Crippen LogP contribution in [0.3, 0.4) is 0 Å². The first kappa shape index (κ1) is 24.2. The summed E-state index contributed by atoms with van der Waals surface area (Å²) in [6, 6.07) is 10.7. The summed E-state index contributed by atoms with van der Waals surface area (Å²) in [5.41, 5.74) is 0.765. The van der Waals surface area contributed by atoms with Crippen LogP contribution in [0, 0.1) is 0 Å². The second-order valence-electron chi connectivity index (χ2n) is 7.46. The first-order valence-electron chi connectivity index (χ1n) is 9.62. The van der Waals surface area contributed by atoms with Gasteiger partial charge in [0, 0.05) is 30.7 Å². The molecule has 32 heavy (non-hydrogen) atoms. The summed E-state index contributed by atoms with van der Waals surface area (Å²) in [6.45, 7) is 3.67. The SMILES string of the molecule is CC(C)N(Cc1nnc(-c2ccc(Cl)cc2)o1)C(=O)c1cc(S(=O)(=O)N(C)C)ccc1Cl. The zero-order valence-electron chi connectivity index (χ0n) is 17.9. The molecule has 0 spiro atoms. The Kier molecular flexibility index (Phi) is 7.24. The van der Waals surface area contributed by atoms with E-state index in [0.29, 0.717) is 16.5 Å². The van der Waals surface area contributed by atoms with Gasteiger partial charge in [-0.05, 0) is 56.3 Å². The van der Waals surface area contributed by atoms with Crippen molar-refractivity contribution in [3.63, 3.8) is 0 Å². The number of benzene rings is 2. The molecule has 0 atom stereocenters. The van der Waals surface area contributed by atoms with Gasteiger partial charge in [-0.1, -0.05) is 23.2 Å². The number of carbonyl (C=O) groups is 1. The van der Waals surface area contributed by atoms with Gasteiger partial charge in [-0.2, -0.15) is 0 Å². The fraction of sp³-hybridized carbons (Fsp3) is 0.286. The highest BCUT2D eigenvalue weighted by Crippen LogP contribution is 2.26. The largest absolute Gasteiger partial charge is 0.419 e. The third-order valence-electron chi connectivity index (χ3n) is 4.69. The number of sulfonamides is 1. The number of aromatic nitrogens is 2. The summed E-state index contributed by atoms with van der Waals surface area (Å²) < 4.78 is 31.8. The van der Waals surface area contributed by atoms with Crippen LogP contribution in [-0.2, 0) is 16.6 Å². The lowest BCUT2D eigenvalue weighted by Gasteiger charge is -2.26. The van der Waals surface area contributed by atoms with Crippen LogP contribution >= 0.6 is 23.2 Å². The van der Waals surface area contributed by atoms with Crippen LogP contribution in [0.25, 0.3) is 11.5 Å². The molecule has 0 N–H and O–H groups in total. The molecule has 0 aliphatic rings. The van der Waals surface area contributed by atoms with E-state index in [1.54, 1.807) is 24.3 Å². The zero-order chi connectivity index (χ0) is 23.6. The van der Waals surface area contributed by atoms with Crippen molar-refractivity contribution in [3.05, 3.63) is 64.0 Å². The first-order valence-corrected chi connectivity index (χ1v) is 11.8. The molecule has 1 aromatic heterocycles. The summed E-state index contributed by atoms with van der Waals surface area (Å²) >= 11 is 12.2. The van der Waals surface area contributed by atoms with Gasteiger partial charge in [0.1, 0.15) is 0 Å². The average molecular weight is 497 g/mol. The van der Waals surface area contributed by atoms with Crippen molar-refractivity contribution in [2.45, 2.75) is 31.3 Å². The Morgan fingerprint density at radius 2 is 1.72 bits per heavy atom. The second kappa shape index (κ2) is 9.58. The maximum atomic E-state index is 13.3.